The van der Waals surface area contributed by atoms with Crippen molar-refractivity contribution in [3.63, 3.8) is 0 Å². The van der Waals surface area contributed by atoms with Crippen LogP contribution in [0.25, 0.3) is 0 Å². The topological polar surface area (TPSA) is 95.9 Å². The highest BCUT2D eigenvalue weighted by atomic mass is 16.5. The van der Waals surface area contributed by atoms with Gasteiger partial charge < -0.3 is 20.3 Å². The minimum Gasteiger partial charge on any atom is -0.466 e. The average Bonchev–Trinajstić information content (AvgIpc) is 3.22. The summed E-state index contributed by atoms with van der Waals surface area (Å²) >= 11 is 0. The van der Waals surface area contributed by atoms with E-state index < -0.39 is 12.1 Å². The van der Waals surface area contributed by atoms with Crippen LogP contribution >= 0.6 is 0 Å². The summed E-state index contributed by atoms with van der Waals surface area (Å²) in [5, 5.41) is 23.2. The molecule has 6 heteroatoms. The SMILES string of the molecule is CCCCCCCC/C=C\CCCCCCCCCC(=O)OCCCC/C=C\CCCCCCC(=O)NC(CO)C(O)CCCCCCCCCCCCCCCC. The number of amides is 1. The van der Waals surface area contributed by atoms with Crippen molar-refractivity contribution in [2.24, 2.45) is 0 Å². The van der Waals surface area contributed by atoms with Crippen LogP contribution in [0, 0.1) is 0 Å². The number of carbonyl (C=O) groups excluding carboxylic acids is 2. The Labute approximate surface area is 361 Å². The molecule has 3 N–H and O–H groups in total. The van der Waals surface area contributed by atoms with Crippen molar-refractivity contribution in [1.82, 2.24) is 5.32 Å². The highest BCUT2D eigenvalue weighted by Gasteiger charge is 2.20. The molecule has 0 bridgehead atoms. The number of rotatable bonds is 47. The number of aliphatic hydroxyl groups excluding tert-OH is 2. The molecule has 2 unspecified atom stereocenters. The van der Waals surface area contributed by atoms with E-state index in [0.29, 0.717) is 25.9 Å². The van der Waals surface area contributed by atoms with Crippen LogP contribution < -0.4 is 5.32 Å². The zero-order valence-corrected chi connectivity index (χ0v) is 38.8. The van der Waals surface area contributed by atoms with Crippen molar-refractivity contribution >= 4 is 11.9 Å². The van der Waals surface area contributed by atoms with Gasteiger partial charge in [0.25, 0.3) is 0 Å². The van der Waals surface area contributed by atoms with Crippen molar-refractivity contribution in [1.29, 1.82) is 0 Å². The maximum absolute atomic E-state index is 12.4. The van der Waals surface area contributed by atoms with Gasteiger partial charge in [0, 0.05) is 12.8 Å². The van der Waals surface area contributed by atoms with E-state index in [1.54, 1.807) is 0 Å². The Morgan fingerprint density at radius 3 is 1.22 bits per heavy atom. The van der Waals surface area contributed by atoms with Gasteiger partial charge in [-0.25, -0.2) is 0 Å². The number of nitrogens with one attached hydrogen (secondary N) is 1. The summed E-state index contributed by atoms with van der Waals surface area (Å²) in [4.78, 5) is 24.5. The minimum atomic E-state index is -0.685. The third kappa shape index (κ3) is 43.9. The maximum Gasteiger partial charge on any atom is 0.305 e. The number of ether oxygens (including phenoxy) is 1. The summed E-state index contributed by atoms with van der Waals surface area (Å²) in [6.45, 7) is 4.86. The Morgan fingerprint density at radius 1 is 0.466 bits per heavy atom. The van der Waals surface area contributed by atoms with E-state index in [1.165, 1.54) is 161 Å². The Hall–Kier alpha value is -1.66. The molecule has 0 saturated carbocycles. The highest BCUT2D eigenvalue weighted by molar-refractivity contribution is 5.76. The lowest BCUT2D eigenvalue weighted by molar-refractivity contribution is -0.143. The third-order valence-electron chi connectivity index (χ3n) is 11.7. The van der Waals surface area contributed by atoms with Gasteiger partial charge in [-0.2, -0.15) is 0 Å². The normalized spacial score (nSPS) is 12.8. The number of esters is 1. The standard InChI is InChI=1S/C52H99NO5/c1-3-5-7-9-11-13-15-17-19-20-21-23-25-30-34-38-42-46-52(57)58-47-43-39-35-31-27-26-29-33-37-41-45-51(56)53-49(48-54)50(55)44-40-36-32-28-24-22-18-16-14-12-10-8-6-4-2/h17,19,27,31,49-50,54-55H,3-16,18,20-26,28-30,32-48H2,1-2H3,(H,53,56)/b19-17-,31-27-. The molecule has 0 aliphatic heterocycles. The second-order valence-corrected chi connectivity index (χ2v) is 17.5. The van der Waals surface area contributed by atoms with Gasteiger partial charge in [-0.3, -0.25) is 9.59 Å². The predicted octanol–water partition coefficient (Wildman–Crippen LogP) is 15.1. The van der Waals surface area contributed by atoms with Crippen LogP contribution in [0.1, 0.15) is 271 Å². The Bertz CT molecular complexity index is 904. The second kappa shape index (κ2) is 48.0. The number of carbonyl (C=O) groups is 2. The van der Waals surface area contributed by atoms with Gasteiger partial charge >= 0.3 is 5.97 Å². The molecule has 2 atom stereocenters. The first kappa shape index (κ1) is 56.3. The quantitative estimate of drug-likeness (QED) is 0.0323. The molecule has 0 aromatic heterocycles. The highest BCUT2D eigenvalue weighted by Crippen LogP contribution is 2.16. The number of hydrogen-bond donors (Lipinski definition) is 3. The summed E-state index contributed by atoms with van der Waals surface area (Å²) in [7, 11) is 0. The summed E-state index contributed by atoms with van der Waals surface area (Å²) in [6.07, 6.45) is 55.8. The first-order valence-electron chi connectivity index (χ1n) is 25.6. The molecular weight excluding hydrogens is 719 g/mol. The van der Waals surface area contributed by atoms with Crippen molar-refractivity contribution in [2.45, 2.75) is 283 Å². The van der Waals surface area contributed by atoms with Crippen LogP contribution in [0.5, 0.6) is 0 Å². The first-order valence-corrected chi connectivity index (χ1v) is 25.6. The fraction of sp³-hybridized carbons (Fsp3) is 0.885. The average molecular weight is 818 g/mol. The third-order valence-corrected chi connectivity index (χ3v) is 11.7. The molecule has 0 saturated heterocycles. The molecule has 0 spiro atoms. The van der Waals surface area contributed by atoms with Crippen LogP contribution in [0.3, 0.4) is 0 Å². The zero-order chi connectivity index (χ0) is 42.3. The Balaban J connectivity index is 3.52. The zero-order valence-electron chi connectivity index (χ0n) is 38.8. The van der Waals surface area contributed by atoms with Crippen molar-refractivity contribution < 1.29 is 24.5 Å². The molecule has 0 aliphatic carbocycles. The van der Waals surface area contributed by atoms with E-state index in [9.17, 15) is 19.8 Å². The predicted molar refractivity (Wildman–Crippen MR) is 250 cm³/mol. The summed E-state index contributed by atoms with van der Waals surface area (Å²) < 4.78 is 5.44. The van der Waals surface area contributed by atoms with Crippen LogP contribution in [-0.4, -0.2) is 47.4 Å². The molecule has 0 radical (unpaired) electrons. The number of aliphatic hydroxyl groups is 2. The molecule has 0 aliphatic rings. The number of hydrogen-bond acceptors (Lipinski definition) is 5. The van der Waals surface area contributed by atoms with Crippen LogP contribution in [0.15, 0.2) is 24.3 Å². The minimum absolute atomic E-state index is 0.0398. The smallest absolute Gasteiger partial charge is 0.305 e. The van der Waals surface area contributed by atoms with Crippen molar-refractivity contribution in [2.75, 3.05) is 13.2 Å². The fourth-order valence-corrected chi connectivity index (χ4v) is 7.74. The van der Waals surface area contributed by atoms with Crippen LogP contribution in [0.2, 0.25) is 0 Å². The van der Waals surface area contributed by atoms with E-state index in [2.05, 4.69) is 43.5 Å². The number of allylic oxidation sites excluding steroid dienone is 4. The largest absolute Gasteiger partial charge is 0.466 e. The molecule has 0 heterocycles. The fourth-order valence-electron chi connectivity index (χ4n) is 7.74. The van der Waals surface area contributed by atoms with Gasteiger partial charge in [0.15, 0.2) is 0 Å². The van der Waals surface area contributed by atoms with Crippen molar-refractivity contribution in [3.8, 4) is 0 Å². The molecule has 6 nitrogen and oxygen atoms in total. The van der Waals surface area contributed by atoms with Gasteiger partial charge in [0.2, 0.25) is 5.91 Å². The van der Waals surface area contributed by atoms with Crippen LogP contribution in [0.4, 0.5) is 0 Å². The maximum atomic E-state index is 12.4. The Morgan fingerprint density at radius 2 is 0.810 bits per heavy atom. The molecule has 342 valence electrons. The van der Waals surface area contributed by atoms with Crippen molar-refractivity contribution in [3.05, 3.63) is 24.3 Å². The molecule has 0 fully saturated rings. The van der Waals surface area contributed by atoms with Gasteiger partial charge in [-0.1, -0.05) is 205 Å². The second-order valence-electron chi connectivity index (χ2n) is 17.5. The van der Waals surface area contributed by atoms with Crippen LogP contribution in [-0.2, 0) is 14.3 Å². The monoisotopic (exact) mass is 818 g/mol. The lowest BCUT2D eigenvalue weighted by Gasteiger charge is -2.22. The van der Waals surface area contributed by atoms with E-state index in [4.69, 9.17) is 4.74 Å². The molecule has 58 heavy (non-hydrogen) atoms. The lowest BCUT2D eigenvalue weighted by atomic mass is 10.0. The van der Waals surface area contributed by atoms with Gasteiger partial charge in [0.1, 0.15) is 0 Å². The number of unbranched alkanes of at least 4 members (excludes halogenated alkanes) is 32. The molecule has 0 rings (SSSR count). The van der Waals surface area contributed by atoms with Gasteiger partial charge in [-0.05, 0) is 77.0 Å². The molecule has 1 amide bonds. The molecule has 0 aromatic rings. The van der Waals surface area contributed by atoms with E-state index in [0.717, 1.165) is 77.0 Å². The van der Waals surface area contributed by atoms with E-state index >= 15 is 0 Å². The summed E-state index contributed by atoms with van der Waals surface area (Å²) in [5.74, 6) is -0.111. The summed E-state index contributed by atoms with van der Waals surface area (Å²) in [5.41, 5.74) is 0. The van der Waals surface area contributed by atoms with E-state index in [1.807, 2.05) is 0 Å². The summed E-state index contributed by atoms with van der Waals surface area (Å²) in [6, 6.07) is -0.566. The lowest BCUT2D eigenvalue weighted by Crippen LogP contribution is -2.45. The van der Waals surface area contributed by atoms with Gasteiger partial charge in [-0.15, -0.1) is 0 Å². The first-order chi connectivity index (χ1) is 28.5. The van der Waals surface area contributed by atoms with E-state index in [-0.39, 0.29) is 18.5 Å². The molecular formula is C52H99NO5. The van der Waals surface area contributed by atoms with Gasteiger partial charge in [0.05, 0.1) is 25.4 Å². The Kier molecular flexibility index (Phi) is 46.6. The molecule has 0 aromatic carbocycles.